The Bertz CT molecular complexity index is 804. The first kappa shape index (κ1) is 18.0. The van der Waals surface area contributed by atoms with E-state index < -0.39 is 23.9 Å². The third-order valence-corrected chi connectivity index (χ3v) is 3.49. The molecular weight excluding hydrogens is 322 g/mol. The zero-order chi connectivity index (χ0) is 18.4. The SMILES string of the molecule is CCC(OC(=O)c1cccc(N)c1)C(=O)Nc1ccccc1C(N)=O. The maximum Gasteiger partial charge on any atom is 0.338 e. The van der Waals surface area contributed by atoms with Gasteiger partial charge in [0.05, 0.1) is 16.8 Å². The highest BCUT2D eigenvalue weighted by molar-refractivity contribution is 6.04. The van der Waals surface area contributed by atoms with Crippen molar-refractivity contribution in [3.63, 3.8) is 0 Å². The summed E-state index contributed by atoms with van der Waals surface area (Å²) in [5, 5.41) is 2.57. The first-order chi connectivity index (χ1) is 11.9. The first-order valence-electron chi connectivity index (χ1n) is 7.68. The van der Waals surface area contributed by atoms with Gasteiger partial charge in [0.25, 0.3) is 11.8 Å². The van der Waals surface area contributed by atoms with Gasteiger partial charge >= 0.3 is 5.97 Å². The van der Waals surface area contributed by atoms with E-state index in [2.05, 4.69) is 5.32 Å². The number of ether oxygens (including phenoxy) is 1. The van der Waals surface area contributed by atoms with Gasteiger partial charge in [-0.15, -0.1) is 0 Å². The second-order valence-electron chi connectivity index (χ2n) is 5.33. The molecule has 1 atom stereocenters. The van der Waals surface area contributed by atoms with Crippen LogP contribution in [0, 0.1) is 0 Å². The molecule has 0 heterocycles. The average molecular weight is 341 g/mol. The fourth-order valence-corrected chi connectivity index (χ4v) is 2.21. The predicted molar refractivity (Wildman–Crippen MR) is 93.9 cm³/mol. The lowest BCUT2D eigenvalue weighted by molar-refractivity contribution is -0.124. The fraction of sp³-hybridized carbons (Fsp3) is 0.167. The molecule has 5 N–H and O–H groups in total. The van der Waals surface area contributed by atoms with Gasteiger partial charge in [0, 0.05) is 5.69 Å². The molecule has 2 amide bonds. The van der Waals surface area contributed by atoms with Gasteiger partial charge in [0.2, 0.25) is 0 Å². The van der Waals surface area contributed by atoms with Crippen LogP contribution in [0.25, 0.3) is 0 Å². The molecule has 0 aliphatic carbocycles. The highest BCUT2D eigenvalue weighted by Gasteiger charge is 2.23. The van der Waals surface area contributed by atoms with Crippen LogP contribution in [0.1, 0.15) is 34.1 Å². The smallest absolute Gasteiger partial charge is 0.338 e. The Morgan fingerprint density at radius 3 is 2.48 bits per heavy atom. The van der Waals surface area contributed by atoms with Crippen LogP contribution in [0.2, 0.25) is 0 Å². The number of para-hydroxylation sites is 1. The number of primary amides is 1. The predicted octanol–water partition coefficient (Wildman–Crippen LogP) is 1.94. The van der Waals surface area contributed by atoms with E-state index in [4.69, 9.17) is 16.2 Å². The maximum atomic E-state index is 12.4. The van der Waals surface area contributed by atoms with Crippen LogP contribution in [0.3, 0.4) is 0 Å². The molecule has 0 aliphatic heterocycles. The van der Waals surface area contributed by atoms with E-state index in [1.165, 1.54) is 12.1 Å². The van der Waals surface area contributed by atoms with Gasteiger partial charge in [-0.2, -0.15) is 0 Å². The van der Waals surface area contributed by atoms with Gasteiger partial charge in [0.1, 0.15) is 0 Å². The molecular formula is C18H19N3O4. The molecule has 130 valence electrons. The number of hydrogen-bond acceptors (Lipinski definition) is 5. The summed E-state index contributed by atoms with van der Waals surface area (Å²) in [5.74, 6) is -1.87. The highest BCUT2D eigenvalue weighted by atomic mass is 16.5. The number of carbonyl (C=O) groups excluding carboxylic acids is 3. The number of anilines is 2. The molecule has 0 saturated heterocycles. The number of benzene rings is 2. The van der Waals surface area contributed by atoms with Crippen molar-refractivity contribution < 1.29 is 19.1 Å². The third kappa shape index (κ3) is 4.57. The lowest BCUT2D eigenvalue weighted by Crippen LogP contribution is -2.32. The van der Waals surface area contributed by atoms with Crippen molar-refractivity contribution in [1.29, 1.82) is 0 Å². The number of carbonyl (C=O) groups is 3. The van der Waals surface area contributed by atoms with E-state index >= 15 is 0 Å². The van der Waals surface area contributed by atoms with Gasteiger partial charge < -0.3 is 21.5 Å². The van der Waals surface area contributed by atoms with Crippen LogP contribution in [0.15, 0.2) is 48.5 Å². The van der Waals surface area contributed by atoms with Crippen LogP contribution in [0.5, 0.6) is 0 Å². The maximum absolute atomic E-state index is 12.4. The Labute approximate surface area is 145 Å². The largest absolute Gasteiger partial charge is 0.449 e. The van der Waals surface area contributed by atoms with Crippen LogP contribution in [-0.4, -0.2) is 23.9 Å². The number of amides is 2. The first-order valence-corrected chi connectivity index (χ1v) is 7.68. The Morgan fingerprint density at radius 2 is 1.84 bits per heavy atom. The van der Waals surface area contributed by atoms with E-state index in [1.54, 1.807) is 43.3 Å². The average Bonchev–Trinajstić information content (AvgIpc) is 2.59. The zero-order valence-corrected chi connectivity index (χ0v) is 13.7. The van der Waals surface area contributed by atoms with Crippen LogP contribution in [-0.2, 0) is 9.53 Å². The van der Waals surface area contributed by atoms with Gasteiger partial charge in [-0.1, -0.05) is 25.1 Å². The monoisotopic (exact) mass is 341 g/mol. The van der Waals surface area contributed by atoms with Gasteiger partial charge in [0.15, 0.2) is 6.10 Å². The molecule has 0 spiro atoms. The topological polar surface area (TPSA) is 125 Å². The van der Waals surface area contributed by atoms with E-state index in [1.807, 2.05) is 0 Å². The lowest BCUT2D eigenvalue weighted by atomic mass is 10.1. The zero-order valence-electron chi connectivity index (χ0n) is 13.7. The van der Waals surface area contributed by atoms with Crippen molar-refractivity contribution >= 4 is 29.2 Å². The van der Waals surface area contributed by atoms with E-state index in [9.17, 15) is 14.4 Å². The Kier molecular flexibility index (Phi) is 5.73. The minimum Gasteiger partial charge on any atom is -0.449 e. The molecule has 0 aliphatic rings. The molecule has 1 unspecified atom stereocenters. The van der Waals surface area contributed by atoms with Gasteiger partial charge in [-0.05, 0) is 36.8 Å². The molecule has 0 saturated carbocycles. The summed E-state index contributed by atoms with van der Waals surface area (Å²) in [4.78, 5) is 36.0. The van der Waals surface area contributed by atoms with Crippen LogP contribution < -0.4 is 16.8 Å². The molecule has 0 aromatic heterocycles. The Balaban J connectivity index is 2.11. The summed E-state index contributed by atoms with van der Waals surface area (Å²) in [6, 6.07) is 12.6. The molecule has 2 rings (SSSR count). The lowest BCUT2D eigenvalue weighted by Gasteiger charge is -2.17. The van der Waals surface area contributed by atoms with Crippen LogP contribution in [0.4, 0.5) is 11.4 Å². The molecule has 25 heavy (non-hydrogen) atoms. The standard InChI is InChI=1S/C18H19N3O4/c1-2-15(25-18(24)11-6-5-7-12(19)10-11)17(23)21-14-9-4-3-8-13(14)16(20)22/h3-10,15H,2,19H2,1H3,(H2,20,22)(H,21,23). The molecule has 7 nitrogen and oxygen atoms in total. The number of nitrogen functional groups attached to an aromatic ring is 1. The Morgan fingerprint density at radius 1 is 1.12 bits per heavy atom. The van der Waals surface area contributed by atoms with Crippen LogP contribution >= 0.6 is 0 Å². The van der Waals surface area contributed by atoms with Crippen molar-refractivity contribution in [2.45, 2.75) is 19.4 Å². The summed E-state index contributed by atoms with van der Waals surface area (Å²) >= 11 is 0. The molecule has 0 radical (unpaired) electrons. The molecule has 2 aromatic carbocycles. The second-order valence-corrected chi connectivity index (χ2v) is 5.33. The number of esters is 1. The third-order valence-electron chi connectivity index (χ3n) is 3.49. The fourth-order valence-electron chi connectivity index (χ4n) is 2.21. The summed E-state index contributed by atoms with van der Waals surface area (Å²) in [6.45, 7) is 1.71. The number of nitrogens with two attached hydrogens (primary N) is 2. The van der Waals surface area contributed by atoms with E-state index in [0.717, 1.165) is 0 Å². The molecule has 0 fully saturated rings. The van der Waals surface area contributed by atoms with Crippen molar-refractivity contribution in [3.8, 4) is 0 Å². The normalized spacial score (nSPS) is 11.4. The minimum absolute atomic E-state index is 0.174. The number of hydrogen-bond donors (Lipinski definition) is 3. The second kappa shape index (κ2) is 7.96. The summed E-state index contributed by atoms with van der Waals surface area (Å²) in [6.07, 6.45) is -0.756. The summed E-state index contributed by atoms with van der Waals surface area (Å²) in [5.41, 5.74) is 12.0. The van der Waals surface area contributed by atoms with E-state index in [0.29, 0.717) is 5.69 Å². The molecule has 0 bridgehead atoms. The van der Waals surface area contributed by atoms with Gasteiger partial charge in [-0.25, -0.2) is 4.79 Å². The van der Waals surface area contributed by atoms with E-state index in [-0.39, 0.29) is 23.2 Å². The Hall–Kier alpha value is -3.35. The van der Waals surface area contributed by atoms with Crippen molar-refractivity contribution in [3.05, 3.63) is 59.7 Å². The molecule has 7 heteroatoms. The summed E-state index contributed by atoms with van der Waals surface area (Å²) in [7, 11) is 0. The van der Waals surface area contributed by atoms with Crippen molar-refractivity contribution in [2.75, 3.05) is 11.1 Å². The molecule has 2 aromatic rings. The van der Waals surface area contributed by atoms with Gasteiger partial charge in [-0.3, -0.25) is 9.59 Å². The quantitative estimate of drug-likeness (QED) is 0.547. The minimum atomic E-state index is -1.02. The highest BCUT2D eigenvalue weighted by Crippen LogP contribution is 2.16. The van der Waals surface area contributed by atoms with Crippen molar-refractivity contribution in [1.82, 2.24) is 0 Å². The number of nitrogens with one attached hydrogen (secondary N) is 1. The summed E-state index contributed by atoms with van der Waals surface area (Å²) < 4.78 is 5.25. The van der Waals surface area contributed by atoms with Crippen molar-refractivity contribution in [2.24, 2.45) is 5.73 Å². The number of rotatable bonds is 6.